The van der Waals surface area contributed by atoms with E-state index in [9.17, 15) is 14.4 Å². The van der Waals surface area contributed by atoms with Gasteiger partial charge in [-0.1, -0.05) is 0 Å². The zero-order valence-corrected chi connectivity index (χ0v) is 12.5. The quantitative estimate of drug-likeness (QED) is 0.852. The Morgan fingerprint density at radius 1 is 1.10 bits per heavy atom. The number of hydrogen-bond donors (Lipinski definition) is 1. The number of imidazole rings is 1. The van der Waals surface area contributed by atoms with Crippen LogP contribution in [0.15, 0.2) is 23.0 Å². The summed E-state index contributed by atoms with van der Waals surface area (Å²) in [5.41, 5.74) is 2.16. The molecule has 0 spiro atoms. The van der Waals surface area contributed by atoms with E-state index in [0.29, 0.717) is 18.8 Å². The number of carbonyl (C=O) groups excluding carboxylic acids is 2. The van der Waals surface area contributed by atoms with Gasteiger partial charge < -0.3 is 5.32 Å². The normalized spacial score (nSPS) is 10.8. The third kappa shape index (κ3) is 2.89. The Bertz CT molecular complexity index is 755. The Morgan fingerprint density at radius 3 is 2.29 bits per heavy atom. The molecule has 6 nitrogen and oxygen atoms in total. The van der Waals surface area contributed by atoms with Crippen molar-refractivity contribution in [2.45, 2.75) is 40.3 Å². The average molecular weight is 289 g/mol. The van der Waals surface area contributed by atoms with Crippen LogP contribution in [-0.4, -0.2) is 20.8 Å². The predicted molar refractivity (Wildman–Crippen MR) is 81.5 cm³/mol. The lowest BCUT2D eigenvalue weighted by atomic mass is 10.2. The van der Waals surface area contributed by atoms with Crippen LogP contribution in [0.3, 0.4) is 0 Å². The fraction of sp³-hybridized carbons (Fsp3) is 0.400. The van der Waals surface area contributed by atoms with Crippen LogP contribution in [0.1, 0.15) is 27.2 Å². The molecular formula is C15H19N3O3. The standard InChI is InChI=1S/C15H19N3O3/c1-4-17-12-7-6-11(16-14(20)8-10(3)19)9-13(12)18(5-2)15(17)21/h6-7,9H,4-5,8H2,1-3H3,(H,16,20). The summed E-state index contributed by atoms with van der Waals surface area (Å²) in [5.74, 6) is -0.529. The molecule has 0 fully saturated rings. The van der Waals surface area contributed by atoms with Gasteiger partial charge in [0, 0.05) is 18.8 Å². The lowest BCUT2D eigenvalue weighted by Crippen LogP contribution is -2.23. The van der Waals surface area contributed by atoms with Gasteiger partial charge in [-0.05, 0) is 39.0 Å². The maximum absolute atomic E-state index is 12.2. The van der Waals surface area contributed by atoms with Crippen LogP contribution in [0, 0.1) is 0 Å². The molecule has 0 aliphatic rings. The smallest absolute Gasteiger partial charge is 0.326 e. The maximum Gasteiger partial charge on any atom is 0.329 e. The summed E-state index contributed by atoms with van der Waals surface area (Å²) in [4.78, 5) is 34.8. The van der Waals surface area contributed by atoms with Gasteiger partial charge in [-0.2, -0.15) is 0 Å². The van der Waals surface area contributed by atoms with E-state index >= 15 is 0 Å². The number of carbonyl (C=O) groups is 2. The molecule has 2 rings (SSSR count). The van der Waals surface area contributed by atoms with Crippen LogP contribution in [0.5, 0.6) is 0 Å². The van der Waals surface area contributed by atoms with E-state index in [0.717, 1.165) is 11.0 Å². The van der Waals surface area contributed by atoms with Gasteiger partial charge in [0.25, 0.3) is 0 Å². The monoisotopic (exact) mass is 289 g/mol. The van der Waals surface area contributed by atoms with Gasteiger partial charge in [0.2, 0.25) is 5.91 Å². The summed E-state index contributed by atoms with van der Waals surface area (Å²) in [5, 5.41) is 2.68. The number of Topliss-reactive ketones (excluding diaryl/α,β-unsaturated/α-hetero) is 1. The Labute approximate surface area is 122 Å². The third-order valence-corrected chi connectivity index (χ3v) is 3.34. The Morgan fingerprint density at radius 2 is 1.71 bits per heavy atom. The van der Waals surface area contributed by atoms with E-state index in [1.54, 1.807) is 21.3 Å². The molecule has 1 amide bonds. The van der Waals surface area contributed by atoms with Gasteiger partial charge in [-0.25, -0.2) is 4.79 Å². The van der Waals surface area contributed by atoms with Crippen molar-refractivity contribution >= 4 is 28.4 Å². The van der Waals surface area contributed by atoms with Gasteiger partial charge in [-0.15, -0.1) is 0 Å². The first kappa shape index (κ1) is 15.0. The third-order valence-electron chi connectivity index (χ3n) is 3.34. The minimum atomic E-state index is -0.345. The van der Waals surface area contributed by atoms with E-state index < -0.39 is 0 Å². The van der Waals surface area contributed by atoms with Crippen LogP contribution < -0.4 is 11.0 Å². The second-order valence-corrected chi connectivity index (χ2v) is 4.90. The van der Waals surface area contributed by atoms with Crippen molar-refractivity contribution in [1.29, 1.82) is 0 Å². The molecule has 2 aromatic rings. The molecule has 1 aromatic carbocycles. The summed E-state index contributed by atoms with van der Waals surface area (Å²) < 4.78 is 3.36. The highest BCUT2D eigenvalue weighted by atomic mass is 16.2. The molecule has 21 heavy (non-hydrogen) atoms. The molecule has 0 saturated heterocycles. The highest BCUT2D eigenvalue weighted by Gasteiger charge is 2.12. The lowest BCUT2D eigenvalue weighted by Gasteiger charge is -2.05. The minimum Gasteiger partial charge on any atom is -0.326 e. The maximum atomic E-state index is 12.2. The molecular weight excluding hydrogens is 270 g/mol. The van der Waals surface area contributed by atoms with Gasteiger partial charge >= 0.3 is 5.69 Å². The largest absolute Gasteiger partial charge is 0.329 e. The summed E-state index contributed by atoms with van der Waals surface area (Å²) in [6, 6.07) is 5.33. The van der Waals surface area contributed by atoms with E-state index in [-0.39, 0.29) is 23.8 Å². The van der Waals surface area contributed by atoms with Gasteiger partial charge in [0.15, 0.2) is 0 Å². The Hall–Kier alpha value is -2.37. The number of benzene rings is 1. The number of aryl methyl sites for hydroxylation is 2. The van der Waals surface area contributed by atoms with Crippen LogP contribution in [0.2, 0.25) is 0 Å². The SMILES string of the molecule is CCn1c(=O)n(CC)c2cc(NC(=O)CC(C)=O)ccc21. The number of nitrogens with zero attached hydrogens (tertiary/aromatic N) is 2. The van der Waals surface area contributed by atoms with Crippen LogP contribution in [0.25, 0.3) is 11.0 Å². The summed E-state index contributed by atoms with van der Waals surface area (Å²) in [6.07, 6.45) is -0.144. The van der Waals surface area contributed by atoms with Crippen molar-refractivity contribution in [2.75, 3.05) is 5.32 Å². The molecule has 0 saturated carbocycles. The van der Waals surface area contributed by atoms with E-state index in [1.807, 2.05) is 19.9 Å². The number of amides is 1. The number of nitrogens with one attached hydrogen (secondary N) is 1. The zero-order chi connectivity index (χ0) is 15.6. The van der Waals surface area contributed by atoms with Crippen molar-refractivity contribution in [2.24, 2.45) is 0 Å². The molecule has 1 heterocycles. The number of rotatable bonds is 5. The number of ketones is 1. The highest BCUT2D eigenvalue weighted by molar-refractivity contribution is 6.04. The first-order chi connectivity index (χ1) is 9.97. The number of fused-ring (bicyclic) bond motifs is 1. The number of anilines is 1. The molecule has 1 aromatic heterocycles. The van der Waals surface area contributed by atoms with Crippen LogP contribution in [-0.2, 0) is 22.7 Å². The predicted octanol–water partition coefficient (Wildman–Crippen LogP) is 1.76. The molecule has 0 radical (unpaired) electrons. The molecule has 112 valence electrons. The van der Waals surface area contributed by atoms with Crippen LogP contribution in [0.4, 0.5) is 5.69 Å². The summed E-state index contributed by atoms with van der Waals surface area (Å²) in [6.45, 7) is 6.36. The highest BCUT2D eigenvalue weighted by Crippen LogP contribution is 2.19. The second-order valence-electron chi connectivity index (χ2n) is 4.90. The van der Waals surface area contributed by atoms with Crippen LogP contribution >= 0.6 is 0 Å². The first-order valence-corrected chi connectivity index (χ1v) is 7.00. The van der Waals surface area contributed by atoms with Crippen molar-refractivity contribution in [3.05, 3.63) is 28.7 Å². The molecule has 6 heteroatoms. The Balaban J connectivity index is 2.44. The minimum absolute atomic E-state index is 0.0535. The molecule has 0 unspecified atom stereocenters. The lowest BCUT2D eigenvalue weighted by molar-refractivity contribution is -0.124. The molecule has 0 atom stereocenters. The Kier molecular flexibility index (Phi) is 4.26. The van der Waals surface area contributed by atoms with Crippen molar-refractivity contribution in [3.8, 4) is 0 Å². The number of hydrogen-bond acceptors (Lipinski definition) is 3. The van der Waals surface area contributed by atoms with Gasteiger partial charge in [0.1, 0.15) is 5.78 Å². The fourth-order valence-electron chi connectivity index (χ4n) is 2.44. The van der Waals surface area contributed by atoms with Crippen molar-refractivity contribution < 1.29 is 9.59 Å². The van der Waals surface area contributed by atoms with E-state index in [4.69, 9.17) is 0 Å². The zero-order valence-electron chi connectivity index (χ0n) is 12.5. The summed E-state index contributed by atoms with van der Waals surface area (Å²) >= 11 is 0. The van der Waals surface area contributed by atoms with Gasteiger partial charge in [0.05, 0.1) is 17.5 Å². The van der Waals surface area contributed by atoms with Gasteiger partial charge in [-0.3, -0.25) is 18.7 Å². The molecule has 0 aliphatic heterocycles. The molecule has 1 N–H and O–H groups in total. The average Bonchev–Trinajstić information content (AvgIpc) is 2.68. The first-order valence-electron chi connectivity index (χ1n) is 7.00. The summed E-state index contributed by atoms with van der Waals surface area (Å²) in [7, 11) is 0. The second kappa shape index (κ2) is 5.95. The van der Waals surface area contributed by atoms with Crippen molar-refractivity contribution in [3.63, 3.8) is 0 Å². The number of aromatic nitrogens is 2. The molecule has 0 aliphatic carbocycles. The topological polar surface area (TPSA) is 73.1 Å². The van der Waals surface area contributed by atoms with Crippen molar-refractivity contribution in [1.82, 2.24) is 9.13 Å². The fourth-order valence-corrected chi connectivity index (χ4v) is 2.44. The van der Waals surface area contributed by atoms with E-state index in [2.05, 4.69) is 5.32 Å². The molecule has 0 bridgehead atoms. The van der Waals surface area contributed by atoms with E-state index in [1.165, 1.54) is 6.92 Å².